The van der Waals surface area contributed by atoms with E-state index in [9.17, 15) is 0 Å². The highest BCUT2D eigenvalue weighted by Gasteiger charge is 2.47. The fraction of sp³-hybridized carbons (Fsp3) is 1.00. The normalized spacial score (nSPS) is 46.3. The Kier molecular flexibility index (Phi) is 7.90. The van der Waals surface area contributed by atoms with Gasteiger partial charge >= 0.3 is 0 Å². The van der Waals surface area contributed by atoms with E-state index in [1.54, 1.807) is 0 Å². The molecule has 0 aromatic heterocycles. The Morgan fingerprint density at radius 2 is 1.40 bits per heavy atom. The van der Waals surface area contributed by atoms with Crippen LogP contribution in [0, 0.1) is 59.2 Å². The topological polar surface area (TPSA) is 0 Å². The van der Waals surface area contributed by atoms with Crippen molar-refractivity contribution in [1.82, 2.24) is 0 Å². The largest absolute Gasteiger partial charge is 0.0654 e. The summed E-state index contributed by atoms with van der Waals surface area (Å²) in [5.74, 6) is 9.63. The van der Waals surface area contributed by atoms with Gasteiger partial charge in [-0.25, -0.2) is 0 Å². The van der Waals surface area contributed by atoms with Crippen molar-refractivity contribution in [2.45, 2.75) is 100 Å². The molecule has 0 heterocycles. The molecular formula is C25H48. The minimum Gasteiger partial charge on any atom is -0.0654 e. The quantitative estimate of drug-likeness (QED) is 0.408. The van der Waals surface area contributed by atoms with Crippen LogP contribution in [0.2, 0.25) is 0 Å². The second-order valence-electron chi connectivity index (χ2n) is 10.4. The smallest absolute Gasteiger partial charge is 0.0349 e. The second-order valence-corrected chi connectivity index (χ2v) is 10.4. The fourth-order valence-electron chi connectivity index (χ4n) is 7.31. The zero-order chi connectivity index (χ0) is 18.7. The molecular weight excluding hydrogens is 300 g/mol. The van der Waals surface area contributed by atoms with Gasteiger partial charge in [0.2, 0.25) is 0 Å². The van der Waals surface area contributed by atoms with Crippen molar-refractivity contribution in [3.8, 4) is 0 Å². The van der Waals surface area contributed by atoms with Crippen LogP contribution in [0.3, 0.4) is 0 Å². The van der Waals surface area contributed by atoms with Gasteiger partial charge in [0.25, 0.3) is 0 Å². The van der Waals surface area contributed by atoms with Gasteiger partial charge in [0.1, 0.15) is 0 Å². The predicted molar refractivity (Wildman–Crippen MR) is 113 cm³/mol. The first-order valence-corrected chi connectivity index (χ1v) is 11.8. The molecule has 0 radical (unpaired) electrons. The Morgan fingerprint density at radius 1 is 0.760 bits per heavy atom. The molecule has 0 amide bonds. The first kappa shape index (κ1) is 21.3. The maximum Gasteiger partial charge on any atom is -0.0349 e. The molecule has 2 saturated carbocycles. The summed E-state index contributed by atoms with van der Waals surface area (Å²) in [7, 11) is 0. The molecule has 0 heteroatoms. The number of rotatable bonds is 7. The molecule has 2 rings (SSSR count). The highest BCUT2D eigenvalue weighted by Crippen LogP contribution is 2.54. The van der Waals surface area contributed by atoms with Crippen molar-refractivity contribution >= 4 is 0 Å². The summed E-state index contributed by atoms with van der Waals surface area (Å²) in [6.07, 6.45) is 10.2. The van der Waals surface area contributed by atoms with E-state index in [0.29, 0.717) is 0 Å². The molecule has 0 bridgehead atoms. The Bertz CT molecular complexity index is 375. The van der Waals surface area contributed by atoms with Crippen molar-refractivity contribution in [2.75, 3.05) is 0 Å². The summed E-state index contributed by atoms with van der Waals surface area (Å²) in [5.41, 5.74) is 0. The molecule has 0 N–H and O–H groups in total. The molecule has 0 spiro atoms. The van der Waals surface area contributed by atoms with Crippen LogP contribution in [0.25, 0.3) is 0 Å². The van der Waals surface area contributed by atoms with Crippen LogP contribution in [0.4, 0.5) is 0 Å². The molecule has 8 atom stereocenters. The first-order valence-electron chi connectivity index (χ1n) is 11.8. The lowest BCUT2D eigenvalue weighted by atomic mass is 9.54. The molecule has 2 aliphatic carbocycles. The van der Waals surface area contributed by atoms with Gasteiger partial charge in [-0.1, -0.05) is 81.1 Å². The van der Waals surface area contributed by atoms with Gasteiger partial charge in [0.05, 0.1) is 0 Å². The summed E-state index contributed by atoms with van der Waals surface area (Å²) in [5, 5.41) is 0. The lowest BCUT2D eigenvalue weighted by Crippen LogP contribution is -2.45. The molecule has 2 fully saturated rings. The van der Waals surface area contributed by atoms with Crippen LogP contribution in [-0.2, 0) is 0 Å². The van der Waals surface area contributed by atoms with Crippen molar-refractivity contribution in [1.29, 1.82) is 0 Å². The summed E-state index contributed by atoms with van der Waals surface area (Å²) in [6.45, 7) is 20.0. The molecule has 0 aromatic rings. The van der Waals surface area contributed by atoms with Crippen LogP contribution >= 0.6 is 0 Å². The average Bonchev–Trinajstić information content (AvgIpc) is 2.71. The van der Waals surface area contributed by atoms with E-state index in [4.69, 9.17) is 0 Å². The van der Waals surface area contributed by atoms with Gasteiger partial charge in [-0.3, -0.25) is 0 Å². The van der Waals surface area contributed by atoms with E-state index in [0.717, 1.165) is 59.2 Å². The standard InChI is InChI=1S/C25H48/c1-9-12-21(10-2)24-14-16(4)13-17(5)22(11-3)25(24)15-23-19(7)18(6)20(23)8/h16-25H,9-15H2,1-8H3. The predicted octanol–water partition coefficient (Wildman–Crippen LogP) is 8.07. The molecule has 148 valence electrons. The zero-order valence-electron chi connectivity index (χ0n) is 18.7. The summed E-state index contributed by atoms with van der Waals surface area (Å²) >= 11 is 0. The highest BCUT2D eigenvalue weighted by atomic mass is 14.5. The van der Waals surface area contributed by atoms with Gasteiger partial charge in [0.15, 0.2) is 0 Å². The summed E-state index contributed by atoms with van der Waals surface area (Å²) in [4.78, 5) is 0. The number of hydrogen-bond acceptors (Lipinski definition) is 0. The van der Waals surface area contributed by atoms with Crippen LogP contribution < -0.4 is 0 Å². The van der Waals surface area contributed by atoms with E-state index in [1.807, 2.05) is 0 Å². The van der Waals surface area contributed by atoms with Crippen LogP contribution in [-0.4, -0.2) is 0 Å². The molecule has 8 unspecified atom stereocenters. The average molecular weight is 349 g/mol. The fourth-order valence-corrected chi connectivity index (χ4v) is 7.31. The molecule has 0 aromatic carbocycles. The second kappa shape index (κ2) is 9.27. The third kappa shape index (κ3) is 4.47. The minimum atomic E-state index is 0.928. The lowest BCUT2D eigenvalue weighted by molar-refractivity contribution is -0.0277. The van der Waals surface area contributed by atoms with Crippen molar-refractivity contribution in [2.24, 2.45) is 59.2 Å². The van der Waals surface area contributed by atoms with Crippen molar-refractivity contribution < 1.29 is 0 Å². The van der Waals surface area contributed by atoms with Gasteiger partial charge in [-0.15, -0.1) is 0 Å². The van der Waals surface area contributed by atoms with Crippen molar-refractivity contribution in [3.63, 3.8) is 0 Å². The van der Waals surface area contributed by atoms with E-state index >= 15 is 0 Å². The SMILES string of the molecule is CCCC(CC)C1CC(C)CC(C)C(CC)C1CC1C(C)C(C)C1C. The first-order chi connectivity index (χ1) is 11.8. The molecule has 2 aliphatic rings. The maximum absolute atomic E-state index is 2.58. The summed E-state index contributed by atoms with van der Waals surface area (Å²) < 4.78 is 0. The highest BCUT2D eigenvalue weighted by molar-refractivity contribution is 4.95. The van der Waals surface area contributed by atoms with Crippen LogP contribution in [0.1, 0.15) is 100 Å². The Morgan fingerprint density at radius 3 is 1.92 bits per heavy atom. The third-order valence-electron chi connectivity index (χ3n) is 9.09. The Hall–Kier alpha value is 0. The zero-order valence-corrected chi connectivity index (χ0v) is 18.7. The van der Waals surface area contributed by atoms with E-state index in [-0.39, 0.29) is 0 Å². The van der Waals surface area contributed by atoms with Gasteiger partial charge in [-0.2, -0.15) is 0 Å². The van der Waals surface area contributed by atoms with Gasteiger partial charge in [-0.05, 0) is 78.4 Å². The Balaban J connectivity index is 2.27. The Labute approximate surface area is 159 Å². The van der Waals surface area contributed by atoms with E-state index < -0.39 is 0 Å². The van der Waals surface area contributed by atoms with Gasteiger partial charge in [0, 0.05) is 0 Å². The van der Waals surface area contributed by atoms with E-state index in [2.05, 4.69) is 55.4 Å². The molecule has 0 aliphatic heterocycles. The lowest BCUT2D eigenvalue weighted by Gasteiger charge is -2.51. The summed E-state index contributed by atoms with van der Waals surface area (Å²) in [6, 6.07) is 0. The third-order valence-corrected chi connectivity index (χ3v) is 9.09. The monoisotopic (exact) mass is 348 g/mol. The van der Waals surface area contributed by atoms with Crippen LogP contribution in [0.15, 0.2) is 0 Å². The minimum absolute atomic E-state index is 0.928. The van der Waals surface area contributed by atoms with Gasteiger partial charge < -0.3 is 0 Å². The molecule has 0 saturated heterocycles. The maximum atomic E-state index is 2.58. The molecule has 25 heavy (non-hydrogen) atoms. The van der Waals surface area contributed by atoms with E-state index in [1.165, 1.54) is 44.9 Å². The van der Waals surface area contributed by atoms with Crippen LogP contribution in [0.5, 0.6) is 0 Å². The van der Waals surface area contributed by atoms with Crippen molar-refractivity contribution in [3.05, 3.63) is 0 Å². The number of hydrogen-bond donors (Lipinski definition) is 0. The molecule has 0 nitrogen and oxygen atoms in total.